The summed E-state index contributed by atoms with van der Waals surface area (Å²) in [6.45, 7) is 5.83. The number of carbonyl (C=O) groups is 9. The van der Waals surface area contributed by atoms with Crippen LogP contribution in [0.4, 0.5) is 4.79 Å². The van der Waals surface area contributed by atoms with Gasteiger partial charge in [0.25, 0.3) is 0 Å². The predicted molar refractivity (Wildman–Crippen MR) is 201 cm³/mol. The molecule has 0 bridgehead atoms. The minimum atomic E-state index is -1.10. The molecule has 2 rings (SSSR count). The van der Waals surface area contributed by atoms with Crippen molar-refractivity contribution >= 4 is 65.1 Å². The number of nitrogens with two attached hydrogens (primary N) is 1. The number of unbranched alkanes of at least 4 members (excludes halogenated alkanes) is 2. The highest BCUT2D eigenvalue weighted by molar-refractivity contribution is 8.00. The molecule has 2 saturated heterocycles. The topological polar surface area (TPSA) is 308 Å². The summed E-state index contributed by atoms with van der Waals surface area (Å²) in [6, 6.07) is -2.97. The fourth-order valence-corrected chi connectivity index (χ4v) is 7.62. The van der Waals surface area contributed by atoms with Crippen molar-refractivity contribution in [3.8, 4) is 0 Å². The van der Waals surface area contributed by atoms with Gasteiger partial charge in [-0.2, -0.15) is 11.8 Å². The van der Waals surface area contributed by atoms with E-state index in [4.69, 9.17) is 10.9 Å². The lowest BCUT2D eigenvalue weighted by Crippen LogP contribution is -2.53. The molecule has 0 saturated carbocycles. The third-order valence-corrected chi connectivity index (χ3v) is 10.6. The first-order valence-electron chi connectivity index (χ1n) is 18.6. The summed E-state index contributed by atoms with van der Waals surface area (Å²) in [6.07, 6.45) is 4.22. The first kappa shape index (κ1) is 46.5. The summed E-state index contributed by atoms with van der Waals surface area (Å²) in [5.74, 6) is -4.81. The van der Waals surface area contributed by atoms with Crippen LogP contribution in [-0.4, -0.2) is 119 Å². The van der Waals surface area contributed by atoms with Crippen LogP contribution in [0, 0.1) is 11.8 Å². The maximum atomic E-state index is 12.7. The number of nitrogens with one attached hydrogen (secondary N) is 9. The van der Waals surface area contributed by atoms with E-state index in [2.05, 4.69) is 42.5 Å². The van der Waals surface area contributed by atoms with Crippen molar-refractivity contribution in [2.45, 2.75) is 121 Å². The lowest BCUT2D eigenvalue weighted by atomic mass is 9.93. The minimum Gasteiger partial charge on any atom is -0.368 e. The van der Waals surface area contributed by atoms with E-state index in [9.17, 15) is 43.2 Å². The molecule has 0 aromatic rings. The van der Waals surface area contributed by atoms with Crippen LogP contribution in [0.25, 0.3) is 0 Å². The summed E-state index contributed by atoms with van der Waals surface area (Å²) in [4.78, 5) is 110. The van der Waals surface area contributed by atoms with Gasteiger partial charge in [-0.3, -0.25) is 43.6 Å². The Morgan fingerprint density at radius 1 is 0.782 bits per heavy atom. The zero-order valence-electron chi connectivity index (χ0n) is 31.9. The van der Waals surface area contributed by atoms with Gasteiger partial charge < -0.3 is 48.3 Å². The molecule has 1 unspecified atom stereocenters. The zero-order valence-corrected chi connectivity index (χ0v) is 32.7. The van der Waals surface area contributed by atoms with E-state index in [-0.39, 0.29) is 42.8 Å². The second-order valence-corrected chi connectivity index (χ2v) is 15.5. The lowest BCUT2D eigenvalue weighted by molar-refractivity contribution is -0.136. The summed E-state index contributed by atoms with van der Waals surface area (Å²) in [7, 11) is 0. The summed E-state index contributed by atoms with van der Waals surface area (Å²) in [5.41, 5.74) is 6.92. The van der Waals surface area contributed by atoms with E-state index < -0.39 is 78.5 Å². The minimum absolute atomic E-state index is 0.0533. The van der Waals surface area contributed by atoms with Gasteiger partial charge in [0.2, 0.25) is 47.3 Å². The third kappa shape index (κ3) is 17.6. The van der Waals surface area contributed by atoms with Crippen LogP contribution in [0.3, 0.4) is 0 Å². The third-order valence-electron chi connectivity index (χ3n) is 9.06. The molecule has 21 heteroatoms. The van der Waals surface area contributed by atoms with Gasteiger partial charge in [-0.25, -0.2) is 10.3 Å². The molecule has 55 heavy (non-hydrogen) atoms. The molecule has 20 nitrogen and oxygen atoms in total. The highest BCUT2D eigenvalue weighted by Crippen LogP contribution is 2.33. The van der Waals surface area contributed by atoms with Gasteiger partial charge >= 0.3 is 6.03 Å². The number of hydrogen-bond acceptors (Lipinski definition) is 11. The van der Waals surface area contributed by atoms with E-state index >= 15 is 0 Å². The maximum absolute atomic E-state index is 12.7. The van der Waals surface area contributed by atoms with Gasteiger partial charge in [-0.15, -0.1) is 0 Å². The molecular formula is C34H58N10O10S. The molecule has 2 aliphatic heterocycles. The quantitative estimate of drug-likeness (QED) is 0.0203. The molecule has 2 heterocycles. The van der Waals surface area contributed by atoms with Crippen molar-refractivity contribution in [2.24, 2.45) is 17.6 Å². The Labute approximate surface area is 324 Å². The van der Waals surface area contributed by atoms with Crippen molar-refractivity contribution in [1.29, 1.82) is 0 Å². The molecule has 0 spiro atoms. The van der Waals surface area contributed by atoms with E-state index in [1.807, 2.05) is 25.6 Å². The van der Waals surface area contributed by atoms with Crippen molar-refractivity contribution < 1.29 is 48.4 Å². The lowest BCUT2D eigenvalue weighted by Gasteiger charge is -2.22. The van der Waals surface area contributed by atoms with Gasteiger partial charge in [0.15, 0.2) is 0 Å². The summed E-state index contributed by atoms with van der Waals surface area (Å²) in [5, 5.41) is 29.9. The largest absolute Gasteiger partial charge is 0.368 e. The SMILES string of the molecule is CC(C)CC(CC(=O)NO)C(=O)N[C@@H](C)C(=O)N[C@@H](C)C(=O)NCC(=O)NCC(=O)N[C@@H](CCCCNC(=O)CCCC[C@@H]1SC[C@@H]2NC(=O)N[C@@H]21)C(N)=O. The van der Waals surface area contributed by atoms with Gasteiger partial charge in [0.1, 0.15) is 18.1 Å². The van der Waals surface area contributed by atoms with Gasteiger partial charge in [0, 0.05) is 36.3 Å². The van der Waals surface area contributed by atoms with Crippen molar-refractivity contribution in [1.82, 2.24) is 48.0 Å². The fraction of sp³-hybridized carbons (Fsp3) is 0.735. The average molecular weight is 799 g/mol. The predicted octanol–water partition coefficient (Wildman–Crippen LogP) is -2.23. The second-order valence-electron chi connectivity index (χ2n) is 14.3. The van der Waals surface area contributed by atoms with Crippen LogP contribution >= 0.6 is 11.8 Å². The van der Waals surface area contributed by atoms with Crippen molar-refractivity contribution in [2.75, 3.05) is 25.4 Å². The van der Waals surface area contributed by atoms with E-state index in [0.717, 1.165) is 25.0 Å². The van der Waals surface area contributed by atoms with Crippen molar-refractivity contribution in [3.05, 3.63) is 0 Å². The molecule has 7 atom stereocenters. The normalized spacial score (nSPS) is 19.3. The van der Waals surface area contributed by atoms with Crippen LogP contribution in [-0.2, 0) is 38.4 Å². The standard InChI is InChI=1S/C34H58N10O10S/c1-18(2)13-21(14-26(46)44-54)33(52)40-20(4)32(51)39-19(3)31(50)38-15-27(47)37-16-28(48)41-22(30(35)49)9-7-8-12-36-25(45)11-6-5-10-24-29-23(17-55-24)42-34(53)43-29/h18-24,29,54H,5-17H2,1-4H3,(H2,35,49)(H,36,45)(H,37,47)(H,38,50)(H,39,51)(H,40,52)(H,41,48)(H,44,46)(H2,42,43,53)/t19-,20-,21?,22-,23-,24-,29-/m0/s1. The highest BCUT2D eigenvalue weighted by Gasteiger charge is 2.42. The number of carbonyl (C=O) groups excluding carboxylic acids is 9. The Hall–Kier alpha value is -4.66. The Kier molecular flexibility index (Phi) is 20.3. The number of hydrogen-bond donors (Lipinski definition) is 11. The molecule has 0 aromatic carbocycles. The molecular weight excluding hydrogens is 741 g/mol. The number of hydroxylamine groups is 1. The number of amides is 10. The Balaban J connectivity index is 1.59. The van der Waals surface area contributed by atoms with Gasteiger partial charge in [0.05, 0.1) is 25.2 Å². The maximum Gasteiger partial charge on any atom is 0.315 e. The molecule has 12 N–H and O–H groups in total. The monoisotopic (exact) mass is 798 g/mol. The zero-order chi connectivity index (χ0) is 41.1. The Morgan fingerprint density at radius 3 is 2.13 bits per heavy atom. The van der Waals surface area contributed by atoms with Crippen LogP contribution in [0.15, 0.2) is 0 Å². The van der Waals surface area contributed by atoms with Crippen LogP contribution < -0.4 is 53.7 Å². The van der Waals surface area contributed by atoms with Crippen LogP contribution in [0.5, 0.6) is 0 Å². The average Bonchev–Trinajstić information content (AvgIpc) is 3.68. The van der Waals surface area contributed by atoms with Gasteiger partial charge in [-0.1, -0.05) is 20.3 Å². The Bertz CT molecular complexity index is 1390. The van der Waals surface area contributed by atoms with Crippen LogP contribution in [0.1, 0.15) is 85.5 Å². The van der Waals surface area contributed by atoms with E-state index in [0.29, 0.717) is 37.5 Å². The summed E-state index contributed by atoms with van der Waals surface area (Å²) >= 11 is 1.84. The number of urea groups is 1. The number of thioether (sulfide) groups is 1. The van der Waals surface area contributed by atoms with Crippen LogP contribution in [0.2, 0.25) is 0 Å². The first-order chi connectivity index (χ1) is 26.0. The molecule has 2 aliphatic rings. The first-order valence-corrected chi connectivity index (χ1v) is 19.7. The van der Waals surface area contributed by atoms with Crippen molar-refractivity contribution in [3.63, 3.8) is 0 Å². The fourth-order valence-electron chi connectivity index (χ4n) is 6.08. The molecule has 2 fully saturated rings. The van der Waals surface area contributed by atoms with E-state index in [1.54, 1.807) is 0 Å². The second kappa shape index (κ2) is 24.0. The highest BCUT2D eigenvalue weighted by atomic mass is 32.2. The Morgan fingerprint density at radius 2 is 1.45 bits per heavy atom. The van der Waals surface area contributed by atoms with Gasteiger partial charge in [-0.05, 0) is 58.3 Å². The van der Waals surface area contributed by atoms with E-state index in [1.165, 1.54) is 19.3 Å². The molecule has 310 valence electrons. The summed E-state index contributed by atoms with van der Waals surface area (Å²) < 4.78 is 0. The molecule has 0 radical (unpaired) electrons. The molecule has 10 amide bonds. The number of fused-ring (bicyclic) bond motifs is 1. The molecule has 0 aromatic heterocycles. The number of primary amides is 1. The smallest absolute Gasteiger partial charge is 0.315 e. The number of rotatable bonds is 25. The molecule has 0 aliphatic carbocycles.